The predicted octanol–water partition coefficient (Wildman–Crippen LogP) is 2.14. The maximum Gasteiger partial charge on any atom is 0.415 e. The molecule has 4 nitrogen and oxygen atoms in total. The lowest BCUT2D eigenvalue weighted by molar-refractivity contribution is 0.121. The van der Waals surface area contributed by atoms with Gasteiger partial charge in [0.25, 0.3) is 0 Å². The van der Waals surface area contributed by atoms with E-state index in [0.29, 0.717) is 0 Å². The minimum Gasteiger partial charge on any atom is -0.442 e. The second-order valence-corrected chi connectivity index (χ2v) is 5.25. The summed E-state index contributed by atoms with van der Waals surface area (Å²) in [5.74, 6) is 0. The van der Waals surface area contributed by atoms with E-state index in [1.165, 1.54) is 0 Å². The zero-order chi connectivity index (χ0) is 11.8. The average molecular weight is 297 g/mol. The second-order valence-electron chi connectivity index (χ2n) is 4.33. The van der Waals surface area contributed by atoms with Crippen molar-refractivity contribution in [1.82, 2.24) is 5.32 Å². The van der Waals surface area contributed by atoms with E-state index in [4.69, 9.17) is 4.74 Å². The first kappa shape index (κ1) is 11.0. The van der Waals surface area contributed by atoms with Gasteiger partial charge in [-0.1, -0.05) is 22.0 Å². The summed E-state index contributed by atoms with van der Waals surface area (Å²) in [6.45, 7) is 1.68. The highest BCUT2D eigenvalue weighted by Gasteiger charge is 2.43. The first-order valence-corrected chi connectivity index (χ1v) is 6.51. The molecule has 0 aliphatic carbocycles. The molecule has 0 saturated carbocycles. The molecule has 0 bridgehead atoms. The van der Waals surface area contributed by atoms with E-state index in [1.54, 1.807) is 4.90 Å². The molecule has 1 aromatic carbocycles. The average Bonchev–Trinajstić information content (AvgIpc) is 2.64. The van der Waals surface area contributed by atoms with Gasteiger partial charge in [0, 0.05) is 16.7 Å². The van der Waals surface area contributed by atoms with Gasteiger partial charge in [-0.2, -0.15) is 0 Å². The Morgan fingerprint density at radius 1 is 1.47 bits per heavy atom. The van der Waals surface area contributed by atoms with Gasteiger partial charge in [-0.25, -0.2) is 4.79 Å². The molecule has 2 aliphatic rings. The maximum absolute atomic E-state index is 11.9. The van der Waals surface area contributed by atoms with Crippen molar-refractivity contribution < 1.29 is 9.53 Å². The molecular weight excluding hydrogens is 284 g/mol. The monoisotopic (exact) mass is 296 g/mol. The molecule has 5 heteroatoms. The standard InChI is InChI=1S/C12H13BrN2O2/c13-8-2-1-3-9(6-8)15-10-4-5-14-7-11(10)17-12(15)16/h1-3,6,10-11,14H,4-5,7H2. The fourth-order valence-electron chi connectivity index (χ4n) is 2.48. The van der Waals surface area contributed by atoms with Crippen molar-refractivity contribution in [2.24, 2.45) is 0 Å². The van der Waals surface area contributed by atoms with Crippen LogP contribution >= 0.6 is 15.9 Å². The highest BCUT2D eigenvalue weighted by Crippen LogP contribution is 2.31. The summed E-state index contributed by atoms with van der Waals surface area (Å²) in [4.78, 5) is 13.7. The number of anilines is 1. The Balaban J connectivity index is 1.93. The fraction of sp³-hybridized carbons (Fsp3) is 0.417. The molecule has 2 saturated heterocycles. The third-order valence-electron chi connectivity index (χ3n) is 3.26. The first-order chi connectivity index (χ1) is 8.25. The van der Waals surface area contributed by atoms with E-state index in [2.05, 4.69) is 21.2 Å². The van der Waals surface area contributed by atoms with Crippen LogP contribution in [0, 0.1) is 0 Å². The molecule has 17 heavy (non-hydrogen) atoms. The quantitative estimate of drug-likeness (QED) is 0.863. The summed E-state index contributed by atoms with van der Waals surface area (Å²) in [6, 6.07) is 7.94. The number of nitrogens with one attached hydrogen (secondary N) is 1. The summed E-state index contributed by atoms with van der Waals surface area (Å²) in [7, 11) is 0. The van der Waals surface area contributed by atoms with Gasteiger partial charge in [-0.05, 0) is 31.2 Å². The van der Waals surface area contributed by atoms with Crippen molar-refractivity contribution in [3.63, 3.8) is 0 Å². The van der Waals surface area contributed by atoms with Crippen LogP contribution in [0.5, 0.6) is 0 Å². The van der Waals surface area contributed by atoms with Crippen molar-refractivity contribution in [2.75, 3.05) is 18.0 Å². The predicted molar refractivity (Wildman–Crippen MR) is 68.2 cm³/mol. The van der Waals surface area contributed by atoms with Crippen LogP contribution in [0.1, 0.15) is 6.42 Å². The molecule has 2 heterocycles. The Bertz CT molecular complexity index is 452. The van der Waals surface area contributed by atoms with Crippen molar-refractivity contribution >= 4 is 27.7 Å². The number of carbonyl (C=O) groups is 1. The number of carbonyl (C=O) groups excluding carboxylic acids is 1. The number of ether oxygens (including phenoxy) is 1. The lowest BCUT2D eigenvalue weighted by Gasteiger charge is -2.28. The van der Waals surface area contributed by atoms with Crippen LogP contribution in [0.25, 0.3) is 0 Å². The van der Waals surface area contributed by atoms with E-state index < -0.39 is 0 Å². The Kier molecular flexibility index (Phi) is 2.80. The molecule has 2 aliphatic heterocycles. The van der Waals surface area contributed by atoms with Crippen molar-refractivity contribution in [3.05, 3.63) is 28.7 Å². The lowest BCUT2D eigenvalue weighted by Crippen LogP contribution is -2.47. The maximum atomic E-state index is 11.9. The zero-order valence-corrected chi connectivity index (χ0v) is 10.8. The van der Waals surface area contributed by atoms with Crippen LogP contribution < -0.4 is 10.2 Å². The Morgan fingerprint density at radius 3 is 3.18 bits per heavy atom. The smallest absolute Gasteiger partial charge is 0.415 e. The first-order valence-electron chi connectivity index (χ1n) is 5.72. The highest BCUT2D eigenvalue weighted by molar-refractivity contribution is 9.10. The Morgan fingerprint density at radius 2 is 2.35 bits per heavy atom. The molecule has 2 atom stereocenters. The number of nitrogens with zero attached hydrogens (tertiary/aromatic N) is 1. The molecule has 0 aromatic heterocycles. The Hall–Kier alpha value is -1.07. The number of halogens is 1. The summed E-state index contributed by atoms with van der Waals surface area (Å²) >= 11 is 3.43. The summed E-state index contributed by atoms with van der Waals surface area (Å²) in [6.07, 6.45) is 0.681. The van der Waals surface area contributed by atoms with Gasteiger partial charge in [-0.15, -0.1) is 0 Å². The molecule has 90 valence electrons. The van der Waals surface area contributed by atoms with Gasteiger partial charge in [0.05, 0.1) is 6.04 Å². The fourth-order valence-corrected chi connectivity index (χ4v) is 2.86. The van der Waals surface area contributed by atoms with E-state index in [1.807, 2.05) is 24.3 Å². The second kappa shape index (κ2) is 4.31. The van der Waals surface area contributed by atoms with Crippen LogP contribution in [0.2, 0.25) is 0 Å². The number of benzene rings is 1. The number of rotatable bonds is 1. The number of hydrogen-bond donors (Lipinski definition) is 1. The minimum atomic E-state index is -0.234. The van der Waals surface area contributed by atoms with Crippen LogP contribution in [-0.4, -0.2) is 31.3 Å². The lowest BCUT2D eigenvalue weighted by atomic mass is 10.0. The van der Waals surface area contributed by atoms with Gasteiger partial charge in [0.15, 0.2) is 0 Å². The van der Waals surface area contributed by atoms with E-state index in [0.717, 1.165) is 29.7 Å². The topological polar surface area (TPSA) is 41.6 Å². The van der Waals surface area contributed by atoms with Crippen molar-refractivity contribution in [1.29, 1.82) is 0 Å². The molecule has 1 aromatic rings. The highest BCUT2D eigenvalue weighted by atomic mass is 79.9. The summed E-state index contributed by atoms with van der Waals surface area (Å²) < 4.78 is 6.35. The van der Waals surface area contributed by atoms with Crippen LogP contribution in [0.3, 0.4) is 0 Å². The van der Waals surface area contributed by atoms with Gasteiger partial charge < -0.3 is 10.1 Å². The van der Waals surface area contributed by atoms with Crippen LogP contribution in [-0.2, 0) is 4.74 Å². The molecular formula is C12H13BrN2O2. The van der Waals surface area contributed by atoms with E-state index >= 15 is 0 Å². The third-order valence-corrected chi connectivity index (χ3v) is 3.75. The molecule has 0 radical (unpaired) electrons. The normalized spacial score (nSPS) is 27.8. The van der Waals surface area contributed by atoms with Gasteiger partial charge in [-0.3, -0.25) is 4.90 Å². The van der Waals surface area contributed by atoms with E-state index in [-0.39, 0.29) is 18.2 Å². The van der Waals surface area contributed by atoms with Crippen molar-refractivity contribution in [2.45, 2.75) is 18.6 Å². The van der Waals surface area contributed by atoms with Crippen molar-refractivity contribution in [3.8, 4) is 0 Å². The molecule has 2 fully saturated rings. The number of fused-ring (bicyclic) bond motifs is 1. The minimum absolute atomic E-state index is 0.0183. The zero-order valence-electron chi connectivity index (χ0n) is 9.23. The van der Waals surface area contributed by atoms with Gasteiger partial charge in [0.2, 0.25) is 0 Å². The molecule has 3 rings (SSSR count). The van der Waals surface area contributed by atoms with Gasteiger partial charge >= 0.3 is 6.09 Å². The summed E-state index contributed by atoms with van der Waals surface area (Å²) in [5, 5.41) is 3.25. The third kappa shape index (κ3) is 1.93. The largest absolute Gasteiger partial charge is 0.442 e. The Labute approximate surface area is 108 Å². The van der Waals surface area contributed by atoms with Crippen LogP contribution in [0.4, 0.5) is 10.5 Å². The summed E-state index contributed by atoms with van der Waals surface area (Å²) in [5.41, 5.74) is 0.902. The SMILES string of the molecule is O=C1OC2CNCCC2N1c1cccc(Br)c1. The number of amides is 1. The number of piperidine rings is 1. The van der Waals surface area contributed by atoms with E-state index in [9.17, 15) is 4.79 Å². The van der Waals surface area contributed by atoms with Crippen LogP contribution in [0.15, 0.2) is 28.7 Å². The molecule has 2 unspecified atom stereocenters. The number of hydrogen-bond acceptors (Lipinski definition) is 3. The molecule has 1 amide bonds. The molecule has 0 spiro atoms. The molecule has 1 N–H and O–H groups in total. The van der Waals surface area contributed by atoms with Gasteiger partial charge in [0.1, 0.15) is 6.10 Å².